The number of sulfonamides is 1. The number of hydrogen-bond donors (Lipinski definition) is 2. The second kappa shape index (κ2) is 7.64. The Labute approximate surface area is 165 Å². The minimum absolute atomic E-state index is 0.0123. The molecule has 1 atom stereocenters. The molecular formula is C22H24N2O3S. The highest BCUT2D eigenvalue weighted by atomic mass is 32.2. The van der Waals surface area contributed by atoms with Crippen LogP contribution in [0.3, 0.4) is 0 Å². The number of H-pyrrole nitrogens is 1. The average molecular weight is 397 g/mol. The van der Waals surface area contributed by atoms with E-state index in [0.717, 1.165) is 28.6 Å². The van der Waals surface area contributed by atoms with Crippen molar-refractivity contribution in [2.24, 2.45) is 0 Å². The molecule has 0 radical (unpaired) electrons. The van der Waals surface area contributed by atoms with Crippen LogP contribution in [-0.4, -0.2) is 25.4 Å². The Morgan fingerprint density at radius 1 is 1.00 bits per heavy atom. The SMILES string of the molecule is Cc1ccccc1C(=O)c1[nH]c(C(C)c2ccc(NS(C)(=O)=O)cc2)cc1C. The lowest BCUT2D eigenvalue weighted by molar-refractivity contribution is 0.103. The van der Waals surface area contributed by atoms with E-state index in [0.29, 0.717) is 16.9 Å². The standard InChI is InChI=1S/C22H24N2O3S/c1-14-7-5-6-8-19(14)22(25)21-15(2)13-20(23-21)16(3)17-9-11-18(12-10-17)24-28(4,26)27/h5-13,16,23-24H,1-4H3. The Balaban J connectivity index is 1.86. The third-order valence-corrected chi connectivity index (χ3v) is 5.44. The maximum absolute atomic E-state index is 12.9. The minimum atomic E-state index is -3.30. The maximum Gasteiger partial charge on any atom is 0.229 e. The summed E-state index contributed by atoms with van der Waals surface area (Å²) >= 11 is 0. The molecule has 1 aromatic heterocycles. The highest BCUT2D eigenvalue weighted by molar-refractivity contribution is 7.92. The molecule has 5 nitrogen and oxygen atoms in total. The van der Waals surface area contributed by atoms with Crippen molar-refractivity contribution in [1.29, 1.82) is 0 Å². The molecule has 0 aliphatic rings. The molecule has 2 N–H and O–H groups in total. The van der Waals surface area contributed by atoms with Gasteiger partial charge in [-0.15, -0.1) is 0 Å². The van der Waals surface area contributed by atoms with Crippen LogP contribution in [0.25, 0.3) is 0 Å². The van der Waals surface area contributed by atoms with E-state index in [4.69, 9.17) is 0 Å². The van der Waals surface area contributed by atoms with Crippen molar-refractivity contribution in [3.63, 3.8) is 0 Å². The van der Waals surface area contributed by atoms with Gasteiger partial charge in [0.2, 0.25) is 15.8 Å². The fraction of sp³-hybridized carbons (Fsp3) is 0.227. The van der Waals surface area contributed by atoms with Gasteiger partial charge in [-0.05, 0) is 48.7 Å². The zero-order chi connectivity index (χ0) is 20.5. The number of nitrogens with one attached hydrogen (secondary N) is 2. The van der Waals surface area contributed by atoms with Gasteiger partial charge < -0.3 is 4.98 Å². The second-order valence-electron chi connectivity index (χ2n) is 7.14. The molecule has 146 valence electrons. The number of hydrogen-bond acceptors (Lipinski definition) is 3. The van der Waals surface area contributed by atoms with Gasteiger partial charge in [0.1, 0.15) is 0 Å². The first kappa shape index (κ1) is 19.9. The number of ketones is 1. The second-order valence-corrected chi connectivity index (χ2v) is 8.89. The topological polar surface area (TPSA) is 79.0 Å². The number of carbonyl (C=O) groups excluding carboxylic acids is 1. The molecule has 28 heavy (non-hydrogen) atoms. The number of aromatic amines is 1. The molecule has 1 unspecified atom stereocenters. The molecule has 2 aromatic carbocycles. The zero-order valence-corrected chi connectivity index (χ0v) is 17.2. The summed E-state index contributed by atoms with van der Waals surface area (Å²) in [5.41, 5.74) is 5.65. The number of rotatable bonds is 6. The number of carbonyl (C=O) groups is 1. The van der Waals surface area contributed by atoms with E-state index in [1.54, 1.807) is 12.1 Å². The fourth-order valence-electron chi connectivity index (χ4n) is 3.25. The van der Waals surface area contributed by atoms with E-state index in [2.05, 4.69) is 9.71 Å². The van der Waals surface area contributed by atoms with Crippen molar-refractivity contribution in [2.45, 2.75) is 26.7 Å². The first-order chi connectivity index (χ1) is 13.2. The van der Waals surface area contributed by atoms with Gasteiger partial charge in [-0.3, -0.25) is 9.52 Å². The average Bonchev–Trinajstić information content (AvgIpc) is 3.02. The predicted molar refractivity (Wildman–Crippen MR) is 113 cm³/mol. The van der Waals surface area contributed by atoms with Crippen LogP contribution < -0.4 is 4.72 Å². The van der Waals surface area contributed by atoms with Crippen molar-refractivity contribution < 1.29 is 13.2 Å². The molecule has 0 aliphatic carbocycles. The predicted octanol–water partition coefficient (Wildman–Crippen LogP) is 4.39. The molecule has 3 rings (SSSR count). The normalized spacial score (nSPS) is 12.6. The zero-order valence-electron chi connectivity index (χ0n) is 16.4. The lowest BCUT2D eigenvalue weighted by Crippen LogP contribution is -2.09. The highest BCUT2D eigenvalue weighted by Crippen LogP contribution is 2.27. The Morgan fingerprint density at radius 3 is 2.25 bits per heavy atom. The number of aromatic nitrogens is 1. The molecule has 0 spiro atoms. The van der Waals surface area contributed by atoms with E-state index in [1.165, 1.54) is 0 Å². The van der Waals surface area contributed by atoms with Crippen LogP contribution in [0.5, 0.6) is 0 Å². The van der Waals surface area contributed by atoms with Gasteiger partial charge in [0, 0.05) is 22.9 Å². The van der Waals surface area contributed by atoms with Crippen molar-refractivity contribution in [1.82, 2.24) is 4.98 Å². The number of aryl methyl sites for hydroxylation is 2. The molecule has 0 aliphatic heterocycles. The molecule has 0 bridgehead atoms. The Kier molecular flexibility index (Phi) is 5.42. The molecule has 0 saturated carbocycles. The summed E-state index contributed by atoms with van der Waals surface area (Å²) in [7, 11) is -3.30. The van der Waals surface area contributed by atoms with Crippen LogP contribution in [0.2, 0.25) is 0 Å². The quantitative estimate of drug-likeness (QED) is 0.607. The minimum Gasteiger partial charge on any atom is -0.355 e. The van der Waals surface area contributed by atoms with Crippen LogP contribution >= 0.6 is 0 Å². The van der Waals surface area contributed by atoms with Gasteiger partial charge in [0.15, 0.2) is 0 Å². The highest BCUT2D eigenvalue weighted by Gasteiger charge is 2.19. The summed E-state index contributed by atoms with van der Waals surface area (Å²) in [6.07, 6.45) is 1.12. The Bertz CT molecular complexity index is 1110. The first-order valence-electron chi connectivity index (χ1n) is 9.03. The van der Waals surface area contributed by atoms with Gasteiger partial charge in [-0.25, -0.2) is 8.42 Å². The molecule has 0 fully saturated rings. The monoisotopic (exact) mass is 396 g/mol. The van der Waals surface area contributed by atoms with E-state index < -0.39 is 10.0 Å². The van der Waals surface area contributed by atoms with Crippen molar-refractivity contribution >= 4 is 21.5 Å². The number of anilines is 1. The van der Waals surface area contributed by atoms with Gasteiger partial charge in [-0.2, -0.15) is 0 Å². The third kappa shape index (κ3) is 4.34. The van der Waals surface area contributed by atoms with E-state index in [-0.39, 0.29) is 11.7 Å². The Hall–Kier alpha value is -2.86. The summed E-state index contributed by atoms with van der Waals surface area (Å²) in [6, 6.07) is 16.8. The van der Waals surface area contributed by atoms with E-state index >= 15 is 0 Å². The van der Waals surface area contributed by atoms with Crippen molar-refractivity contribution in [2.75, 3.05) is 11.0 Å². The van der Waals surface area contributed by atoms with Crippen LogP contribution in [0.15, 0.2) is 54.6 Å². The molecule has 3 aromatic rings. The van der Waals surface area contributed by atoms with Gasteiger partial charge in [-0.1, -0.05) is 43.3 Å². The fourth-order valence-corrected chi connectivity index (χ4v) is 3.81. The van der Waals surface area contributed by atoms with Gasteiger partial charge in [0.25, 0.3) is 0 Å². The summed E-state index contributed by atoms with van der Waals surface area (Å²) < 4.78 is 25.1. The lowest BCUT2D eigenvalue weighted by atomic mass is 9.97. The molecule has 6 heteroatoms. The smallest absolute Gasteiger partial charge is 0.229 e. The molecule has 0 saturated heterocycles. The summed E-state index contributed by atoms with van der Waals surface area (Å²) in [4.78, 5) is 16.2. The molecule has 1 heterocycles. The Morgan fingerprint density at radius 2 is 1.64 bits per heavy atom. The number of benzene rings is 2. The van der Waals surface area contributed by atoms with Crippen LogP contribution in [0, 0.1) is 13.8 Å². The van der Waals surface area contributed by atoms with Crippen LogP contribution in [0.4, 0.5) is 5.69 Å². The summed E-state index contributed by atoms with van der Waals surface area (Å²) in [5.74, 6) is 0.0196. The van der Waals surface area contributed by atoms with Gasteiger partial charge in [0.05, 0.1) is 11.9 Å². The largest absolute Gasteiger partial charge is 0.355 e. The van der Waals surface area contributed by atoms with E-state index in [9.17, 15) is 13.2 Å². The first-order valence-corrected chi connectivity index (χ1v) is 10.9. The maximum atomic E-state index is 12.9. The van der Waals surface area contributed by atoms with Crippen molar-refractivity contribution in [3.8, 4) is 0 Å². The summed E-state index contributed by atoms with van der Waals surface area (Å²) in [5, 5.41) is 0. The molecular weight excluding hydrogens is 372 g/mol. The lowest BCUT2D eigenvalue weighted by Gasteiger charge is -2.12. The van der Waals surface area contributed by atoms with Crippen LogP contribution in [-0.2, 0) is 10.0 Å². The van der Waals surface area contributed by atoms with Crippen LogP contribution in [0.1, 0.15) is 51.3 Å². The van der Waals surface area contributed by atoms with E-state index in [1.807, 2.05) is 63.2 Å². The van der Waals surface area contributed by atoms with Crippen molar-refractivity contribution in [3.05, 3.63) is 88.2 Å². The summed E-state index contributed by atoms with van der Waals surface area (Å²) in [6.45, 7) is 5.91. The third-order valence-electron chi connectivity index (χ3n) is 4.83. The molecule has 0 amide bonds. The van der Waals surface area contributed by atoms with Gasteiger partial charge >= 0.3 is 0 Å².